The Morgan fingerprint density at radius 2 is 1.96 bits per heavy atom. The number of hydrogen-bond acceptors (Lipinski definition) is 4. The van der Waals surface area contributed by atoms with Gasteiger partial charge in [0.05, 0.1) is 18.2 Å². The normalized spacial score (nSPS) is 10.3. The zero-order valence-corrected chi connectivity index (χ0v) is 15.4. The highest BCUT2D eigenvalue weighted by molar-refractivity contribution is 9.10. The summed E-state index contributed by atoms with van der Waals surface area (Å²) in [6.07, 6.45) is 0. The van der Waals surface area contributed by atoms with Crippen molar-refractivity contribution >= 4 is 39.1 Å². The van der Waals surface area contributed by atoms with Crippen LogP contribution in [0, 0.1) is 0 Å². The molecule has 0 spiro atoms. The Morgan fingerprint density at radius 1 is 1.21 bits per heavy atom. The van der Waals surface area contributed by atoms with Crippen molar-refractivity contribution in [3.05, 3.63) is 51.5 Å². The van der Waals surface area contributed by atoms with Gasteiger partial charge in [-0.25, -0.2) is 0 Å². The molecule has 0 radical (unpaired) electrons. The average molecular weight is 415 g/mol. The highest BCUT2D eigenvalue weighted by Crippen LogP contribution is 2.28. The number of carbonyl (C=O) groups excluding carboxylic acids is 1. The van der Waals surface area contributed by atoms with Gasteiger partial charge >= 0.3 is 0 Å². The lowest BCUT2D eigenvalue weighted by atomic mass is 10.2. The first-order valence-electron chi connectivity index (χ1n) is 7.27. The van der Waals surface area contributed by atoms with E-state index in [1.807, 2.05) is 6.92 Å². The van der Waals surface area contributed by atoms with E-state index in [0.717, 1.165) is 4.47 Å². The van der Waals surface area contributed by atoms with Gasteiger partial charge in [-0.3, -0.25) is 4.79 Å². The van der Waals surface area contributed by atoms with Gasteiger partial charge in [0.1, 0.15) is 11.5 Å². The van der Waals surface area contributed by atoms with Gasteiger partial charge < -0.3 is 19.9 Å². The maximum absolute atomic E-state index is 12.0. The van der Waals surface area contributed by atoms with E-state index in [9.17, 15) is 9.90 Å². The summed E-state index contributed by atoms with van der Waals surface area (Å²) < 4.78 is 11.6. The van der Waals surface area contributed by atoms with E-state index < -0.39 is 0 Å². The van der Waals surface area contributed by atoms with Gasteiger partial charge in [-0.15, -0.1) is 0 Å². The molecule has 2 rings (SSSR count). The maximum Gasteiger partial charge on any atom is 0.262 e. The van der Waals surface area contributed by atoms with Crippen molar-refractivity contribution in [1.29, 1.82) is 0 Å². The van der Waals surface area contributed by atoms with E-state index in [0.29, 0.717) is 34.4 Å². The number of amides is 1. The molecule has 0 atom stereocenters. The first-order valence-corrected chi connectivity index (χ1v) is 8.45. The first-order chi connectivity index (χ1) is 11.5. The number of rotatable bonds is 7. The van der Waals surface area contributed by atoms with Gasteiger partial charge in [-0.05, 0) is 43.3 Å². The van der Waals surface area contributed by atoms with Gasteiger partial charge in [0.25, 0.3) is 5.91 Å². The van der Waals surface area contributed by atoms with Gasteiger partial charge in [0, 0.05) is 15.7 Å². The minimum absolute atomic E-state index is 0.177. The third kappa shape index (κ3) is 5.12. The molecule has 0 heterocycles. The Labute approximate surface area is 153 Å². The largest absolute Gasteiger partial charge is 0.494 e. The first kappa shape index (κ1) is 18.6. The van der Waals surface area contributed by atoms with Crippen LogP contribution in [0.3, 0.4) is 0 Å². The highest BCUT2D eigenvalue weighted by Gasteiger charge is 2.09. The molecular weight excluding hydrogens is 398 g/mol. The van der Waals surface area contributed by atoms with Crippen LogP contribution < -0.4 is 14.8 Å². The third-order valence-corrected chi connectivity index (χ3v) is 3.86. The Kier molecular flexibility index (Phi) is 6.90. The molecule has 0 aliphatic carbocycles. The number of benzene rings is 2. The summed E-state index contributed by atoms with van der Waals surface area (Å²) >= 11 is 9.33. The van der Waals surface area contributed by atoms with Crippen molar-refractivity contribution in [3.8, 4) is 11.5 Å². The summed E-state index contributed by atoms with van der Waals surface area (Å²) in [7, 11) is 0. The Bertz CT molecular complexity index is 724. The molecule has 0 bridgehead atoms. The van der Waals surface area contributed by atoms with Gasteiger partial charge in [0.15, 0.2) is 6.61 Å². The lowest BCUT2D eigenvalue weighted by Crippen LogP contribution is -2.20. The minimum Gasteiger partial charge on any atom is -0.494 e. The van der Waals surface area contributed by atoms with Gasteiger partial charge in [-0.1, -0.05) is 27.5 Å². The maximum atomic E-state index is 12.0. The van der Waals surface area contributed by atoms with Crippen molar-refractivity contribution in [2.24, 2.45) is 0 Å². The second-order valence-electron chi connectivity index (χ2n) is 4.83. The molecule has 7 heteroatoms. The summed E-state index contributed by atoms with van der Waals surface area (Å²) in [5.74, 6) is 0.690. The molecule has 128 valence electrons. The summed E-state index contributed by atoms with van der Waals surface area (Å²) in [6, 6.07) is 10.2. The monoisotopic (exact) mass is 413 g/mol. The van der Waals surface area contributed by atoms with Crippen LogP contribution in [0.5, 0.6) is 11.5 Å². The molecule has 1 amide bonds. The molecule has 0 aromatic heterocycles. The lowest BCUT2D eigenvalue weighted by Gasteiger charge is -2.12. The zero-order valence-electron chi connectivity index (χ0n) is 13.0. The second kappa shape index (κ2) is 8.92. The summed E-state index contributed by atoms with van der Waals surface area (Å²) in [5, 5.41) is 12.5. The number of carbonyl (C=O) groups is 1. The smallest absolute Gasteiger partial charge is 0.262 e. The molecule has 5 nitrogen and oxygen atoms in total. The van der Waals surface area contributed by atoms with Crippen LogP contribution in [0.25, 0.3) is 0 Å². The standard InChI is InChI=1S/C17H17BrClNO4/c1-2-23-15-6-4-13(7-11(15)9-21)20-17(22)10-24-16-5-3-12(18)8-14(16)19/h3-8,21H,2,9-10H2,1H3,(H,20,22). The zero-order chi connectivity index (χ0) is 17.5. The molecule has 0 aliphatic heterocycles. The third-order valence-electron chi connectivity index (χ3n) is 3.07. The fourth-order valence-electron chi connectivity index (χ4n) is 2.01. The SMILES string of the molecule is CCOc1ccc(NC(=O)COc2ccc(Br)cc2Cl)cc1CO. The predicted octanol–water partition coefficient (Wildman–Crippen LogP) is 4.01. The van der Waals surface area contributed by atoms with Crippen molar-refractivity contribution in [3.63, 3.8) is 0 Å². The molecule has 0 saturated carbocycles. The fourth-order valence-corrected chi connectivity index (χ4v) is 2.74. The minimum atomic E-state index is -0.331. The van der Waals surface area contributed by atoms with Crippen LogP contribution in [-0.4, -0.2) is 24.2 Å². The molecule has 0 unspecified atom stereocenters. The number of halogens is 2. The summed E-state index contributed by atoms with van der Waals surface area (Å²) in [6.45, 7) is 2.01. The summed E-state index contributed by atoms with van der Waals surface area (Å²) in [5.41, 5.74) is 1.16. The Hall–Kier alpha value is -1.76. The topological polar surface area (TPSA) is 67.8 Å². The van der Waals surface area contributed by atoms with E-state index >= 15 is 0 Å². The number of hydrogen-bond donors (Lipinski definition) is 2. The molecule has 2 N–H and O–H groups in total. The molecule has 24 heavy (non-hydrogen) atoms. The van der Waals surface area contributed by atoms with E-state index in [2.05, 4.69) is 21.2 Å². The van der Waals surface area contributed by atoms with E-state index in [4.69, 9.17) is 21.1 Å². The molecule has 0 saturated heterocycles. The van der Waals surface area contributed by atoms with Crippen LogP contribution in [0.4, 0.5) is 5.69 Å². The predicted molar refractivity (Wildman–Crippen MR) is 96.8 cm³/mol. The van der Waals surface area contributed by atoms with Crippen molar-refractivity contribution in [2.45, 2.75) is 13.5 Å². The van der Waals surface area contributed by atoms with E-state index in [1.165, 1.54) is 0 Å². The van der Waals surface area contributed by atoms with E-state index in [-0.39, 0.29) is 19.1 Å². The molecule has 2 aromatic carbocycles. The number of aliphatic hydroxyl groups excluding tert-OH is 1. The van der Waals surface area contributed by atoms with Crippen LogP contribution >= 0.6 is 27.5 Å². The highest BCUT2D eigenvalue weighted by atomic mass is 79.9. The molecule has 0 fully saturated rings. The number of anilines is 1. The number of aliphatic hydroxyl groups is 1. The average Bonchev–Trinajstić information content (AvgIpc) is 2.55. The van der Waals surface area contributed by atoms with Crippen LogP contribution in [0.15, 0.2) is 40.9 Å². The van der Waals surface area contributed by atoms with Crippen molar-refractivity contribution in [2.75, 3.05) is 18.5 Å². The fraction of sp³-hybridized carbons (Fsp3) is 0.235. The van der Waals surface area contributed by atoms with Gasteiger partial charge in [-0.2, -0.15) is 0 Å². The van der Waals surface area contributed by atoms with E-state index in [1.54, 1.807) is 36.4 Å². The number of ether oxygens (including phenoxy) is 2. The quantitative estimate of drug-likeness (QED) is 0.718. The second-order valence-corrected chi connectivity index (χ2v) is 6.15. The summed E-state index contributed by atoms with van der Waals surface area (Å²) in [4.78, 5) is 12.0. The van der Waals surface area contributed by atoms with Crippen LogP contribution in [-0.2, 0) is 11.4 Å². The lowest BCUT2D eigenvalue weighted by molar-refractivity contribution is -0.118. The number of nitrogens with one attached hydrogen (secondary N) is 1. The van der Waals surface area contributed by atoms with Crippen LogP contribution in [0.2, 0.25) is 5.02 Å². The van der Waals surface area contributed by atoms with Crippen molar-refractivity contribution < 1.29 is 19.4 Å². The van der Waals surface area contributed by atoms with Crippen molar-refractivity contribution in [1.82, 2.24) is 0 Å². The Balaban J connectivity index is 1.96. The molecular formula is C17H17BrClNO4. The Morgan fingerprint density at radius 3 is 2.62 bits per heavy atom. The van der Waals surface area contributed by atoms with Gasteiger partial charge in [0.2, 0.25) is 0 Å². The van der Waals surface area contributed by atoms with Crippen LogP contribution in [0.1, 0.15) is 12.5 Å². The molecule has 0 aliphatic rings. The molecule has 2 aromatic rings.